The third kappa shape index (κ3) is 3.35. The van der Waals surface area contributed by atoms with Crippen molar-refractivity contribution in [1.82, 2.24) is 0 Å². The fourth-order valence-corrected chi connectivity index (χ4v) is 1.47. The van der Waals surface area contributed by atoms with Crippen molar-refractivity contribution in [3.8, 4) is 0 Å². The van der Waals surface area contributed by atoms with Gasteiger partial charge in [0.25, 0.3) is 0 Å². The van der Waals surface area contributed by atoms with Crippen molar-refractivity contribution in [2.75, 3.05) is 0 Å². The standard InChI is InChI=1S/C15H14O3/c1-11-3-7-14(17-11)9-5-13(16)6-10-15-8-4-12(2)18-15/h3-10H,1-2H3. The molecule has 92 valence electrons. The minimum atomic E-state index is -0.113. The summed E-state index contributed by atoms with van der Waals surface area (Å²) in [6.07, 6.45) is 6.22. The maximum absolute atomic E-state index is 11.5. The Morgan fingerprint density at radius 2 is 1.33 bits per heavy atom. The van der Waals surface area contributed by atoms with Crippen LogP contribution in [0.5, 0.6) is 0 Å². The first-order valence-electron chi connectivity index (χ1n) is 5.66. The van der Waals surface area contributed by atoms with E-state index in [4.69, 9.17) is 8.83 Å². The largest absolute Gasteiger partial charge is 0.462 e. The van der Waals surface area contributed by atoms with Crippen LogP contribution in [0.2, 0.25) is 0 Å². The molecule has 0 bridgehead atoms. The van der Waals surface area contributed by atoms with Crippen LogP contribution in [0.15, 0.2) is 45.3 Å². The Labute approximate surface area is 105 Å². The zero-order chi connectivity index (χ0) is 13.0. The Morgan fingerprint density at radius 3 is 1.67 bits per heavy atom. The number of allylic oxidation sites excluding steroid dienone is 2. The molecule has 0 fully saturated rings. The lowest BCUT2D eigenvalue weighted by atomic mass is 10.3. The van der Waals surface area contributed by atoms with Gasteiger partial charge in [0.05, 0.1) is 0 Å². The number of carbonyl (C=O) groups excluding carboxylic acids is 1. The van der Waals surface area contributed by atoms with E-state index in [1.54, 1.807) is 12.2 Å². The third-order valence-electron chi connectivity index (χ3n) is 2.35. The van der Waals surface area contributed by atoms with Gasteiger partial charge in [0.2, 0.25) is 0 Å². The van der Waals surface area contributed by atoms with Crippen LogP contribution in [-0.2, 0) is 4.79 Å². The van der Waals surface area contributed by atoms with Crippen LogP contribution in [-0.4, -0.2) is 5.78 Å². The molecule has 2 aromatic heterocycles. The Morgan fingerprint density at radius 1 is 0.889 bits per heavy atom. The molecule has 0 N–H and O–H groups in total. The van der Waals surface area contributed by atoms with E-state index in [1.807, 2.05) is 38.1 Å². The monoisotopic (exact) mass is 242 g/mol. The third-order valence-corrected chi connectivity index (χ3v) is 2.35. The number of furan rings is 2. The molecule has 0 saturated heterocycles. The molecule has 0 amide bonds. The second kappa shape index (κ2) is 5.36. The molecule has 2 rings (SSSR count). The van der Waals surface area contributed by atoms with Crippen LogP contribution in [0.25, 0.3) is 12.2 Å². The molecule has 18 heavy (non-hydrogen) atoms. The SMILES string of the molecule is Cc1ccc(C=CC(=O)C=Cc2ccc(C)o2)o1. The minimum absolute atomic E-state index is 0.113. The van der Waals surface area contributed by atoms with Gasteiger partial charge in [-0.3, -0.25) is 4.79 Å². The molecule has 0 unspecified atom stereocenters. The number of rotatable bonds is 4. The van der Waals surface area contributed by atoms with Crippen molar-refractivity contribution < 1.29 is 13.6 Å². The average Bonchev–Trinajstić information content (AvgIpc) is 2.93. The van der Waals surface area contributed by atoms with E-state index in [1.165, 1.54) is 12.2 Å². The highest BCUT2D eigenvalue weighted by atomic mass is 16.3. The maximum Gasteiger partial charge on any atom is 0.178 e. The molecule has 0 aliphatic heterocycles. The molecule has 0 atom stereocenters. The fraction of sp³-hybridized carbons (Fsp3) is 0.133. The topological polar surface area (TPSA) is 43.4 Å². The van der Waals surface area contributed by atoms with Gasteiger partial charge in [0.15, 0.2) is 5.78 Å². The lowest BCUT2D eigenvalue weighted by Crippen LogP contribution is -1.83. The summed E-state index contributed by atoms with van der Waals surface area (Å²) in [5, 5.41) is 0. The van der Waals surface area contributed by atoms with Crippen molar-refractivity contribution in [3.05, 3.63) is 59.5 Å². The van der Waals surface area contributed by atoms with Crippen molar-refractivity contribution in [2.45, 2.75) is 13.8 Å². The Hall–Kier alpha value is -2.29. The van der Waals surface area contributed by atoms with Crippen molar-refractivity contribution >= 4 is 17.9 Å². The molecular weight excluding hydrogens is 228 g/mol. The highest BCUT2D eigenvalue weighted by Crippen LogP contribution is 2.09. The molecule has 3 nitrogen and oxygen atoms in total. The minimum Gasteiger partial charge on any atom is -0.462 e. The van der Waals surface area contributed by atoms with Crippen LogP contribution in [0.4, 0.5) is 0 Å². The lowest BCUT2D eigenvalue weighted by Gasteiger charge is -1.86. The number of hydrogen-bond donors (Lipinski definition) is 0. The number of carbonyl (C=O) groups is 1. The second-order valence-electron chi connectivity index (χ2n) is 3.97. The molecule has 2 heterocycles. The highest BCUT2D eigenvalue weighted by Gasteiger charge is 1.96. The second-order valence-corrected chi connectivity index (χ2v) is 3.97. The molecule has 0 radical (unpaired) electrons. The molecule has 0 aliphatic carbocycles. The van der Waals surface area contributed by atoms with Crippen LogP contribution < -0.4 is 0 Å². The predicted octanol–water partition coefficient (Wildman–Crippen LogP) is 3.79. The van der Waals surface area contributed by atoms with Gasteiger partial charge < -0.3 is 8.83 Å². The predicted molar refractivity (Wildman–Crippen MR) is 70.0 cm³/mol. The van der Waals surface area contributed by atoms with Gasteiger partial charge in [0, 0.05) is 0 Å². The highest BCUT2D eigenvalue weighted by molar-refractivity contribution is 6.04. The summed E-state index contributed by atoms with van der Waals surface area (Å²) < 4.78 is 10.6. The van der Waals surface area contributed by atoms with Gasteiger partial charge in [-0.1, -0.05) is 0 Å². The Kier molecular flexibility index (Phi) is 3.63. The van der Waals surface area contributed by atoms with Crippen molar-refractivity contribution in [3.63, 3.8) is 0 Å². The van der Waals surface area contributed by atoms with Crippen molar-refractivity contribution in [2.24, 2.45) is 0 Å². The average molecular weight is 242 g/mol. The van der Waals surface area contributed by atoms with Crippen LogP contribution in [0, 0.1) is 13.8 Å². The van der Waals surface area contributed by atoms with Gasteiger partial charge in [-0.15, -0.1) is 0 Å². The summed E-state index contributed by atoms with van der Waals surface area (Å²) in [6.45, 7) is 3.72. The first kappa shape index (κ1) is 12.2. The summed E-state index contributed by atoms with van der Waals surface area (Å²) in [6, 6.07) is 7.34. The Balaban J connectivity index is 1.96. The smallest absolute Gasteiger partial charge is 0.178 e. The molecule has 0 saturated carbocycles. The molecule has 2 aromatic rings. The van der Waals surface area contributed by atoms with E-state index >= 15 is 0 Å². The zero-order valence-electron chi connectivity index (χ0n) is 10.3. The number of aryl methyl sites for hydroxylation is 2. The first-order valence-corrected chi connectivity index (χ1v) is 5.66. The van der Waals surface area contributed by atoms with Crippen LogP contribution in [0.3, 0.4) is 0 Å². The number of ketones is 1. The lowest BCUT2D eigenvalue weighted by molar-refractivity contribution is -0.110. The van der Waals surface area contributed by atoms with Gasteiger partial charge in [0.1, 0.15) is 23.0 Å². The van der Waals surface area contributed by atoms with Crippen LogP contribution in [0.1, 0.15) is 23.0 Å². The van der Waals surface area contributed by atoms with Crippen molar-refractivity contribution in [1.29, 1.82) is 0 Å². The van der Waals surface area contributed by atoms with E-state index in [2.05, 4.69) is 0 Å². The summed E-state index contributed by atoms with van der Waals surface area (Å²) in [7, 11) is 0. The summed E-state index contributed by atoms with van der Waals surface area (Å²) in [5.74, 6) is 2.87. The summed E-state index contributed by atoms with van der Waals surface area (Å²) in [4.78, 5) is 11.5. The van der Waals surface area contributed by atoms with Gasteiger partial charge >= 0.3 is 0 Å². The molecule has 3 heteroatoms. The van der Waals surface area contributed by atoms with E-state index in [0.29, 0.717) is 11.5 Å². The molecule has 0 spiro atoms. The Bertz CT molecular complexity index is 545. The number of hydrogen-bond acceptors (Lipinski definition) is 3. The van der Waals surface area contributed by atoms with Gasteiger partial charge in [-0.05, 0) is 62.4 Å². The molecular formula is C15H14O3. The molecule has 0 aromatic carbocycles. The van der Waals surface area contributed by atoms with E-state index < -0.39 is 0 Å². The van der Waals surface area contributed by atoms with Gasteiger partial charge in [-0.25, -0.2) is 0 Å². The summed E-state index contributed by atoms with van der Waals surface area (Å²) in [5.41, 5.74) is 0. The maximum atomic E-state index is 11.5. The van der Waals surface area contributed by atoms with E-state index in [-0.39, 0.29) is 5.78 Å². The summed E-state index contributed by atoms with van der Waals surface area (Å²) >= 11 is 0. The first-order chi connectivity index (χ1) is 8.63. The fourth-order valence-electron chi connectivity index (χ4n) is 1.47. The van der Waals surface area contributed by atoms with Gasteiger partial charge in [-0.2, -0.15) is 0 Å². The zero-order valence-corrected chi connectivity index (χ0v) is 10.3. The quantitative estimate of drug-likeness (QED) is 0.766. The molecule has 0 aliphatic rings. The van der Waals surface area contributed by atoms with Crippen LogP contribution >= 0.6 is 0 Å². The van der Waals surface area contributed by atoms with E-state index in [9.17, 15) is 4.79 Å². The normalized spacial score (nSPS) is 11.7. The van der Waals surface area contributed by atoms with E-state index in [0.717, 1.165) is 11.5 Å².